The Morgan fingerprint density at radius 3 is 2.53 bits per heavy atom. The summed E-state index contributed by atoms with van der Waals surface area (Å²) in [5, 5.41) is 27.6. The molecule has 0 saturated heterocycles. The second-order valence-electron chi connectivity index (χ2n) is 6.75. The van der Waals surface area contributed by atoms with Crippen LogP contribution in [0.5, 0.6) is 0 Å². The van der Waals surface area contributed by atoms with Crippen molar-refractivity contribution in [2.24, 2.45) is 5.73 Å². The van der Waals surface area contributed by atoms with E-state index < -0.39 is 36.2 Å². The molecule has 0 unspecified atom stereocenters. The molecule has 0 aliphatic carbocycles. The number of hydrogen-bond donors (Lipinski definition) is 4. The third-order valence-corrected chi connectivity index (χ3v) is 5.47. The highest BCUT2D eigenvalue weighted by Gasteiger charge is 2.20. The van der Waals surface area contributed by atoms with Crippen LogP contribution in [0.25, 0.3) is 0 Å². The van der Waals surface area contributed by atoms with E-state index in [0.29, 0.717) is 19.3 Å². The predicted molar refractivity (Wildman–Crippen MR) is 125 cm³/mol. The molecule has 0 bridgehead atoms. The van der Waals surface area contributed by atoms with Gasteiger partial charge in [0.2, 0.25) is 0 Å². The van der Waals surface area contributed by atoms with Crippen LogP contribution >= 0.6 is 11.8 Å². The van der Waals surface area contributed by atoms with Crippen LogP contribution < -0.4 is 5.73 Å². The average Bonchev–Trinajstić information content (AvgIpc) is 2.71. The molecule has 0 fully saturated rings. The van der Waals surface area contributed by atoms with Gasteiger partial charge in [-0.15, -0.1) is 11.8 Å². The Bertz CT molecular complexity index is 677. The number of aliphatic hydroxyl groups excluding tert-OH is 1. The second kappa shape index (κ2) is 19.2. The van der Waals surface area contributed by atoms with Gasteiger partial charge >= 0.3 is 11.9 Å². The minimum atomic E-state index is -1.84. The number of rotatable bonds is 18. The summed E-state index contributed by atoms with van der Waals surface area (Å²) in [6.45, 7) is -1.84. The van der Waals surface area contributed by atoms with E-state index in [2.05, 4.69) is 0 Å². The number of carbonyl (C=O) groups is 2. The van der Waals surface area contributed by atoms with E-state index in [0.717, 1.165) is 19.3 Å². The summed E-state index contributed by atoms with van der Waals surface area (Å²) in [6, 6.07) is -1.04. The van der Waals surface area contributed by atoms with Crippen molar-refractivity contribution in [3.63, 3.8) is 0 Å². The Morgan fingerprint density at radius 1 is 1.07 bits per heavy atom. The van der Waals surface area contributed by atoms with Crippen LogP contribution in [0.1, 0.15) is 62.3 Å². The molecule has 30 heavy (non-hydrogen) atoms. The molecule has 0 aromatic carbocycles. The number of carboxylic acids is 2. The summed E-state index contributed by atoms with van der Waals surface area (Å²) in [7, 11) is 0. The zero-order chi connectivity index (χ0) is 25.1. The summed E-state index contributed by atoms with van der Waals surface area (Å²) in [5.41, 5.74) is 5.54. The third kappa shape index (κ3) is 17.1. The molecule has 0 aliphatic heterocycles. The number of carboxylic acid groups (broad SMARTS) is 2. The summed E-state index contributed by atoms with van der Waals surface area (Å²) in [5.74, 6) is -1.90. The fraction of sp³-hybridized carbons (Fsp3) is 0.565. The number of unbranched alkanes of at least 4 members (excludes halogenated alkanes) is 2. The summed E-state index contributed by atoms with van der Waals surface area (Å²) >= 11 is 1.23. The molecule has 7 heteroatoms. The largest absolute Gasteiger partial charge is 0.481 e. The Kier molecular flexibility index (Phi) is 14.6. The first kappa shape index (κ1) is 22.8. The molecule has 0 aromatic heterocycles. The van der Waals surface area contributed by atoms with Crippen molar-refractivity contribution in [2.45, 2.75) is 75.6 Å². The van der Waals surface area contributed by atoms with Gasteiger partial charge in [-0.1, -0.05) is 68.3 Å². The molecule has 6 nitrogen and oxygen atoms in total. The normalized spacial score (nSPS) is 17.3. The van der Waals surface area contributed by atoms with Crippen molar-refractivity contribution < 1.29 is 29.0 Å². The van der Waals surface area contributed by atoms with Crippen molar-refractivity contribution in [1.82, 2.24) is 0 Å². The zero-order valence-corrected chi connectivity index (χ0v) is 18.2. The first-order valence-electron chi connectivity index (χ1n) is 11.7. The smallest absolute Gasteiger partial charge is 0.321 e. The van der Waals surface area contributed by atoms with Gasteiger partial charge in [0.25, 0.3) is 0 Å². The summed E-state index contributed by atoms with van der Waals surface area (Å²) in [6.07, 6.45) is 18.3. The molecule has 170 valence electrons. The van der Waals surface area contributed by atoms with Crippen LogP contribution in [0.4, 0.5) is 0 Å². The average molecular weight is 443 g/mol. The lowest BCUT2D eigenvalue weighted by molar-refractivity contribution is -0.138. The van der Waals surface area contributed by atoms with Gasteiger partial charge in [0, 0.05) is 21.5 Å². The van der Waals surface area contributed by atoms with Crippen LogP contribution in [-0.2, 0) is 9.59 Å². The molecule has 0 saturated carbocycles. The van der Waals surface area contributed by atoms with E-state index >= 15 is 0 Å². The van der Waals surface area contributed by atoms with Crippen LogP contribution in [0.3, 0.4) is 0 Å². The molecule has 3 atom stereocenters. The minimum Gasteiger partial charge on any atom is -0.481 e. The van der Waals surface area contributed by atoms with Crippen LogP contribution in [0.15, 0.2) is 48.6 Å². The topological polar surface area (TPSA) is 121 Å². The standard InChI is InChI=1S/C23H37NO5S/c1-2-3-4-5-6-7-8-9-10-11-12-13-16-21(30-18-19(24)23(28)29)20(25)15-14-17-22(26)27/h6-7,9-13,16,19-21,25H,2-5,8,14-15,17-18,24H2,1H3,(H,26,27)(H,28,29)/b7-6-,10-9-,12-11+,16-13+/t19-,20-,21+/m0/s1/i1D3. The van der Waals surface area contributed by atoms with Crippen molar-refractivity contribution in [3.05, 3.63) is 48.6 Å². The number of allylic oxidation sites excluding steroid dienone is 7. The Morgan fingerprint density at radius 2 is 1.83 bits per heavy atom. The Labute approximate surface area is 188 Å². The van der Waals surface area contributed by atoms with Gasteiger partial charge in [0.05, 0.1) is 6.10 Å². The maximum atomic E-state index is 10.9. The summed E-state index contributed by atoms with van der Waals surface area (Å²) in [4.78, 5) is 21.6. The monoisotopic (exact) mass is 442 g/mol. The van der Waals surface area contributed by atoms with Gasteiger partial charge in [-0.3, -0.25) is 9.59 Å². The van der Waals surface area contributed by atoms with Crippen molar-refractivity contribution in [1.29, 1.82) is 0 Å². The highest BCUT2D eigenvalue weighted by Crippen LogP contribution is 2.21. The molecular formula is C23H37NO5S. The molecule has 0 amide bonds. The molecular weight excluding hydrogens is 402 g/mol. The molecule has 0 spiro atoms. The number of nitrogens with two attached hydrogens (primary N) is 1. The van der Waals surface area contributed by atoms with Crippen LogP contribution in [0.2, 0.25) is 0 Å². The number of aliphatic hydroxyl groups is 1. The fourth-order valence-corrected chi connectivity index (χ4v) is 3.48. The maximum absolute atomic E-state index is 10.9. The number of aliphatic carboxylic acids is 2. The zero-order valence-electron chi connectivity index (χ0n) is 20.4. The number of hydrogen-bond acceptors (Lipinski definition) is 5. The quantitative estimate of drug-likeness (QED) is 0.142. The van der Waals surface area contributed by atoms with Gasteiger partial charge in [-0.2, -0.15) is 0 Å². The number of thioether (sulfide) groups is 1. The van der Waals surface area contributed by atoms with E-state index in [1.807, 2.05) is 30.4 Å². The van der Waals surface area contributed by atoms with Gasteiger partial charge < -0.3 is 21.1 Å². The van der Waals surface area contributed by atoms with Crippen molar-refractivity contribution >= 4 is 23.7 Å². The van der Waals surface area contributed by atoms with E-state index in [9.17, 15) is 14.7 Å². The molecule has 0 rings (SSSR count). The third-order valence-electron chi connectivity index (χ3n) is 4.06. The van der Waals surface area contributed by atoms with E-state index in [4.69, 9.17) is 20.1 Å². The second-order valence-corrected chi connectivity index (χ2v) is 7.96. The predicted octanol–water partition coefficient (Wildman–Crippen LogP) is 4.31. The van der Waals surface area contributed by atoms with E-state index in [-0.39, 0.29) is 18.6 Å². The fourth-order valence-electron chi connectivity index (χ4n) is 2.35. The maximum Gasteiger partial charge on any atom is 0.321 e. The summed E-state index contributed by atoms with van der Waals surface area (Å²) < 4.78 is 21.4. The molecule has 0 aliphatic rings. The van der Waals surface area contributed by atoms with Gasteiger partial charge in [-0.25, -0.2) is 0 Å². The van der Waals surface area contributed by atoms with E-state index in [1.54, 1.807) is 18.2 Å². The van der Waals surface area contributed by atoms with Gasteiger partial charge in [0.1, 0.15) is 6.04 Å². The molecule has 0 radical (unpaired) electrons. The van der Waals surface area contributed by atoms with Gasteiger partial charge in [0.15, 0.2) is 0 Å². The molecule has 0 aromatic rings. The highest BCUT2D eigenvalue weighted by molar-refractivity contribution is 8.00. The minimum absolute atomic E-state index is 0.0335. The first-order valence-corrected chi connectivity index (χ1v) is 11.2. The van der Waals surface area contributed by atoms with Gasteiger partial charge in [-0.05, 0) is 32.1 Å². The Hall–Kier alpha value is -1.83. The van der Waals surface area contributed by atoms with Crippen LogP contribution in [-0.4, -0.2) is 50.4 Å². The van der Waals surface area contributed by atoms with Crippen molar-refractivity contribution in [2.75, 3.05) is 5.75 Å². The molecule has 0 heterocycles. The lowest BCUT2D eigenvalue weighted by atomic mass is 10.1. The lowest BCUT2D eigenvalue weighted by Crippen LogP contribution is -2.34. The Balaban J connectivity index is 4.43. The van der Waals surface area contributed by atoms with E-state index in [1.165, 1.54) is 11.8 Å². The molecule has 5 N–H and O–H groups in total. The lowest BCUT2D eigenvalue weighted by Gasteiger charge is -2.20. The van der Waals surface area contributed by atoms with Crippen molar-refractivity contribution in [3.8, 4) is 0 Å². The highest BCUT2D eigenvalue weighted by atomic mass is 32.2. The SMILES string of the molecule is [2H]C([2H])([2H])CCCC/C=C\C\C=C/C=C/C=C/[C@@H](SC[C@H](N)C(=O)O)[C@@H](O)CCCC(=O)O. The first-order chi connectivity index (χ1) is 15.5. The van der Waals surface area contributed by atoms with Crippen LogP contribution in [0, 0.1) is 0 Å².